The van der Waals surface area contributed by atoms with Gasteiger partial charge in [-0.25, -0.2) is 4.98 Å². The van der Waals surface area contributed by atoms with E-state index in [4.69, 9.17) is 4.74 Å². The number of piperazine rings is 1. The zero-order valence-corrected chi connectivity index (χ0v) is 14.3. The predicted molar refractivity (Wildman–Crippen MR) is 92.1 cm³/mol. The molecular formula is C17H21N3O2S. The second-order valence-corrected chi connectivity index (χ2v) is 6.79. The molecule has 1 amide bonds. The standard InChI is InChI=1S/C17H21N3O2S/c1-13-4-3-7-18-16(13)19-8-10-20(11-9-19)17(21)15-6-5-14(23-15)12-22-2/h3-7H,8-12H2,1-2H3. The summed E-state index contributed by atoms with van der Waals surface area (Å²) >= 11 is 1.52. The number of anilines is 1. The number of hydrogen-bond acceptors (Lipinski definition) is 5. The average Bonchev–Trinajstić information content (AvgIpc) is 3.04. The van der Waals surface area contributed by atoms with E-state index in [1.54, 1.807) is 7.11 Å². The molecule has 2 aromatic rings. The Hall–Kier alpha value is -1.92. The summed E-state index contributed by atoms with van der Waals surface area (Å²) in [4.78, 5) is 23.1. The quantitative estimate of drug-likeness (QED) is 0.864. The number of carbonyl (C=O) groups excluding carboxylic acids is 1. The van der Waals surface area contributed by atoms with Gasteiger partial charge >= 0.3 is 0 Å². The van der Waals surface area contributed by atoms with Crippen LogP contribution in [0.15, 0.2) is 30.5 Å². The number of aryl methyl sites for hydroxylation is 1. The molecule has 1 aliphatic heterocycles. The van der Waals surface area contributed by atoms with Crippen molar-refractivity contribution in [3.05, 3.63) is 45.8 Å². The Balaban J connectivity index is 1.62. The number of hydrogen-bond donors (Lipinski definition) is 0. The molecule has 1 saturated heterocycles. The first-order chi connectivity index (χ1) is 11.2. The summed E-state index contributed by atoms with van der Waals surface area (Å²) in [6, 6.07) is 7.89. The van der Waals surface area contributed by atoms with Crippen LogP contribution in [0, 0.1) is 6.92 Å². The number of thiophene rings is 1. The highest BCUT2D eigenvalue weighted by Gasteiger charge is 2.24. The zero-order valence-electron chi connectivity index (χ0n) is 13.5. The molecule has 0 radical (unpaired) electrons. The molecule has 0 spiro atoms. The van der Waals surface area contributed by atoms with Crippen molar-refractivity contribution in [2.45, 2.75) is 13.5 Å². The van der Waals surface area contributed by atoms with E-state index in [1.165, 1.54) is 16.9 Å². The minimum atomic E-state index is 0.120. The van der Waals surface area contributed by atoms with Crippen molar-refractivity contribution in [2.75, 3.05) is 38.2 Å². The fraction of sp³-hybridized carbons (Fsp3) is 0.412. The van der Waals surface area contributed by atoms with Gasteiger partial charge < -0.3 is 14.5 Å². The molecule has 2 aromatic heterocycles. The van der Waals surface area contributed by atoms with Gasteiger partial charge in [-0.05, 0) is 30.7 Å². The first-order valence-corrected chi connectivity index (χ1v) is 8.54. The van der Waals surface area contributed by atoms with Crippen molar-refractivity contribution in [2.24, 2.45) is 0 Å². The normalized spacial score (nSPS) is 15.0. The van der Waals surface area contributed by atoms with Gasteiger partial charge in [0, 0.05) is 44.4 Å². The molecule has 1 fully saturated rings. The maximum absolute atomic E-state index is 12.6. The molecular weight excluding hydrogens is 310 g/mol. The van der Waals surface area contributed by atoms with E-state index in [2.05, 4.69) is 22.9 Å². The van der Waals surface area contributed by atoms with Gasteiger partial charge in [-0.15, -0.1) is 11.3 Å². The summed E-state index contributed by atoms with van der Waals surface area (Å²) < 4.78 is 5.11. The largest absolute Gasteiger partial charge is 0.379 e. The first-order valence-electron chi connectivity index (χ1n) is 7.72. The summed E-state index contributed by atoms with van der Waals surface area (Å²) in [5.74, 6) is 1.15. The molecule has 23 heavy (non-hydrogen) atoms. The molecule has 1 aliphatic rings. The third-order valence-corrected chi connectivity index (χ3v) is 5.05. The maximum atomic E-state index is 12.6. The Labute approximate surface area is 140 Å². The summed E-state index contributed by atoms with van der Waals surface area (Å²) in [7, 11) is 1.67. The number of methoxy groups -OCH3 is 1. The molecule has 5 nitrogen and oxygen atoms in total. The second kappa shape index (κ2) is 7.10. The topological polar surface area (TPSA) is 45.7 Å². The molecule has 0 N–H and O–H groups in total. The molecule has 0 saturated carbocycles. The SMILES string of the molecule is COCc1ccc(C(=O)N2CCN(c3ncccc3C)CC2)s1. The first kappa shape index (κ1) is 16.0. The van der Waals surface area contributed by atoms with Crippen molar-refractivity contribution in [1.29, 1.82) is 0 Å². The van der Waals surface area contributed by atoms with Crippen molar-refractivity contribution in [3.63, 3.8) is 0 Å². The lowest BCUT2D eigenvalue weighted by molar-refractivity contribution is 0.0751. The second-order valence-electron chi connectivity index (χ2n) is 5.62. The highest BCUT2D eigenvalue weighted by atomic mass is 32.1. The summed E-state index contributed by atoms with van der Waals surface area (Å²) in [6.45, 7) is 5.73. The minimum Gasteiger partial charge on any atom is -0.379 e. The van der Waals surface area contributed by atoms with Crippen LogP contribution in [0.5, 0.6) is 0 Å². The highest BCUT2D eigenvalue weighted by molar-refractivity contribution is 7.14. The van der Waals surface area contributed by atoms with Gasteiger partial charge in [0.2, 0.25) is 0 Å². The lowest BCUT2D eigenvalue weighted by Crippen LogP contribution is -2.49. The van der Waals surface area contributed by atoms with Crippen molar-refractivity contribution >= 4 is 23.1 Å². The van der Waals surface area contributed by atoms with E-state index >= 15 is 0 Å². The Bertz CT molecular complexity index is 678. The van der Waals surface area contributed by atoms with Crippen LogP contribution < -0.4 is 4.90 Å². The van der Waals surface area contributed by atoms with Crippen LogP contribution >= 0.6 is 11.3 Å². The smallest absolute Gasteiger partial charge is 0.264 e. The molecule has 0 aromatic carbocycles. The minimum absolute atomic E-state index is 0.120. The van der Waals surface area contributed by atoms with E-state index in [9.17, 15) is 4.79 Å². The number of rotatable bonds is 4. The fourth-order valence-corrected chi connectivity index (χ4v) is 3.75. The van der Waals surface area contributed by atoms with Crippen molar-refractivity contribution < 1.29 is 9.53 Å². The van der Waals surface area contributed by atoms with E-state index in [0.29, 0.717) is 6.61 Å². The third-order valence-electron chi connectivity index (χ3n) is 4.01. The van der Waals surface area contributed by atoms with E-state index in [-0.39, 0.29) is 5.91 Å². The van der Waals surface area contributed by atoms with Gasteiger partial charge in [0.25, 0.3) is 5.91 Å². The third kappa shape index (κ3) is 3.54. The maximum Gasteiger partial charge on any atom is 0.264 e. The molecule has 0 aliphatic carbocycles. The van der Waals surface area contributed by atoms with Crippen LogP contribution in [0.2, 0.25) is 0 Å². The van der Waals surface area contributed by atoms with E-state index in [1.807, 2.05) is 29.3 Å². The number of amides is 1. The monoisotopic (exact) mass is 331 g/mol. The lowest BCUT2D eigenvalue weighted by atomic mass is 10.2. The molecule has 0 bridgehead atoms. The van der Waals surface area contributed by atoms with Gasteiger partial charge in [-0.2, -0.15) is 0 Å². The zero-order chi connectivity index (χ0) is 16.2. The Morgan fingerprint density at radius 1 is 1.26 bits per heavy atom. The van der Waals surface area contributed by atoms with Crippen molar-refractivity contribution in [1.82, 2.24) is 9.88 Å². The van der Waals surface area contributed by atoms with Crippen LogP contribution in [-0.4, -0.2) is 49.1 Å². The van der Waals surface area contributed by atoms with E-state index < -0.39 is 0 Å². The van der Waals surface area contributed by atoms with Crippen LogP contribution in [0.4, 0.5) is 5.82 Å². The summed E-state index contributed by atoms with van der Waals surface area (Å²) in [5.41, 5.74) is 1.18. The highest BCUT2D eigenvalue weighted by Crippen LogP contribution is 2.22. The Kier molecular flexibility index (Phi) is 4.93. The van der Waals surface area contributed by atoms with Gasteiger partial charge in [-0.1, -0.05) is 6.07 Å². The Morgan fingerprint density at radius 3 is 2.74 bits per heavy atom. The predicted octanol–water partition coefficient (Wildman–Crippen LogP) is 2.56. The number of aromatic nitrogens is 1. The molecule has 3 rings (SSSR count). The fourth-order valence-electron chi connectivity index (χ4n) is 2.80. The Morgan fingerprint density at radius 2 is 2.04 bits per heavy atom. The number of carbonyl (C=O) groups is 1. The summed E-state index contributed by atoms with van der Waals surface area (Å²) in [6.07, 6.45) is 1.82. The number of pyridine rings is 1. The average molecular weight is 331 g/mol. The molecule has 0 atom stereocenters. The van der Waals surface area contributed by atoms with Crippen LogP contribution in [-0.2, 0) is 11.3 Å². The molecule has 0 unspecified atom stereocenters. The number of nitrogens with zero attached hydrogens (tertiary/aromatic N) is 3. The van der Waals surface area contributed by atoms with Crippen LogP contribution in [0.25, 0.3) is 0 Å². The molecule has 6 heteroatoms. The van der Waals surface area contributed by atoms with Crippen LogP contribution in [0.1, 0.15) is 20.1 Å². The van der Waals surface area contributed by atoms with Gasteiger partial charge in [0.1, 0.15) is 5.82 Å². The molecule has 122 valence electrons. The van der Waals surface area contributed by atoms with Crippen LogP contribution in [0.3, 0.4) is 0 Å². The lowest BCUT2D eigenvalue weighted by Gasteiger charge is -2.35. The van der Waals surface area contributed by atoms with Gasteiger partial charge in [0.05, 0.1) is 11.5 Å². The number of ether oxygens (including phenoxy) is 1. The summed E-state index contributed by atoms with van der Waals surface area (Å²) in [5, 5.41) is 0. The van der Waals surface area contributed by atoms with Gasteiger partial charge in [-0.3, -0.25) is 4.79 Å². The van der Waals surface area contributed by atoms with E-state index in [0.717, 1.165) is 41.8 Å². The van der Waals surface area contributed by atoms with Gasteiger partial charge in [0.15, 0.2) is 0 Å². The molecule has 3 heterocycles. The van der Waals surface area contributed by atoms with Crippen molar-refractivity contribution in [3.8, 4) is 0 Å².